The lowest BCUT2D eigenvalue weighted by Gasteiger charge is -2.21. The molecule has 1 saturated heterocycles. The van der Waals surface area contributed by atoms with E-state index in [0.717, 1.165) is 18.8 Å². The van der Waals surface area contributed by atoms with Crippen LogP contribution in [0.4, 0.5) is 5.69 Å². The van der Waals surface area contributed by atoms with Gasteiger partial charge in [0.1, 0.15) is 0 Å². The van der Waals surface area contributed by atoms with Gasteiger partial charge < -0.3 is 15.5 Å². The summed E-state index contributed by atoms with van der Waals surface area (Å²) in [6.45, 7) is 9.63. The molecule has 4 nitrogen and oxygen atoms in total. The molecule has 1 aromatic carbocycles. The summed E-state index contributed by atoms with van der Waals surface area (Å²) < 4.78 is 0. The van der Waals surface area contributed by atoms with Gasteiger partial charge in [0.25, 0.3) is 0 Å². The van der Waals surface area contributed by atoms with Crippen LogP contribution in [0.5, 0.6) is 0 Å². The fourth-order valence-corrected chi connectivity index (χ4v) is 2.71. The fourth-order valence-electron chi connectivity index (χ4n) is 2.71. The first-order chi connectivity index (χ1) is 10.1. The van der Waals surface area contributed by atoms with Crippen LogP contribution in [0, 0.1) is 5.92 Å². The third kappa shape index (κ3) is 4.83. The van der Waals surface area contributed by atoms with Crippen LogP contribution in [-0.4, -0.2) is 42.5 Å². The number of nitrogens with one attached hydrogen (secondary N) is 2. The van der Waals surface area contributed by atoms with E-state index in [2.05, 4.69) is 29.4 Å². The topological polar surface area (TPSA) is 44.4 Å². The van der Waals surface area contributed by atoms with Crippen molar-refractivity contribution in [1.82, 2.24) is 10.2 Å². The predicted octanol–water partition coefficient (Wildman–Crippen LogP) is 2.33. The van der Waals surface area contributed by atoms with Gasteiger partial charge in [-0.05, 0) is 58.3 Å². The van der Waals surface area contributed by atoms with E-state index in [1.165, 1.54) is 13.0 Å². The molecule has 2 atom stereocenters. The van der Waals surface area contributed by atoms with Crippen molar-refractivity contribution < 1.29 is 4.79 Å². The van der Waals surface area contributed by atoms with Crippen LogP contribution in [0.15, 0.2) is 30.3 Å². The molecule has 1 aromatic rings. The Morgan fingerprint density at radius 3 is 2.62 bits per heavy atom. The lowest BCUT2D eigenvalue weighted by Crippen LogP contribution is -2.41. The molecule has 1 aliphatic rings. The summed E-state index contributed by atoms with van der Waals surface area (Å²) in [6.07, 6.45) is 1.22. The molecule has 4 heteroatoms. The molecule has 0 aliphatic carbocycles. The largest absolute Gasteiger partial charge is 0.325 e. The molecule has 1 amide bonds. The first-order valence-corrected chi connectivity index (χ1v) is 7.89. The van der Waals surface area contributed by atoms with Crippen LogP contribution in [0.3, 0.4) is 0 Å². The number of carbonyl (C=O) groups is 1. The number of nitrogens with zero attached hydrogens (tertiary/aromatic N) is 1. The van der Waals surface area contributed by atoms with Gasteiger partial charge in [0, 0.05) is 18.3 Å². The maximum absolute atomic E-state index is 12.1. The Hall–Kier alpha value is -1.39. The quantitative estimate of drug-likeness (QED) is 0.845. The molecule has 1 heterocycles. The molecule has 2 unspecified atom stereocenters. The molecule has 2 N–H and O–H groups in total. The Bertz CT molecular complexity index is 447. The highest BCUT2D eigenvalue weighted by Crippen LogP contribution is 2.17. The van der Waals surface area contributed by atoms with Crippen LogP contribution < -0.4 is 10.6 Å². The fraction of sp³-hybridized carbons (Fsp3) is 0.588. The third-order valence-corrected chi connectivity index (χ3v) is 4.19. The Labute approximate surface area is 127 Å². The minimum absolute atomic E-state index is 0.0277. The highest BCUT2D eigenvalue weighted by Gasteiger charge is 2.24. The number of likely N-dealkylation sites (tertiary alicyclic amines) is 1. The van der Waals surface area contributed by atoms with Gasteiger partial charge in [-0.1, -0.05) is 18.2 Å². The molecule has 21 heavy (non-hydrogen) atoms. The first-order valence-electron chi connectivity index (χ1n) is 7.89. The zero-order valence-electron chi connectivity index (χ0n) is 13.3. The molecular formula is C17H27N3O. The molecule has 1 fully saturated rings. The van der Waals surface area contributed by atoms with E-state index in [9.17, 15) is 4.79 Å². The minimum Gasteiger partial charge on any atom is -0.325 e. The molecule has 0 aromatic heterocycles. The van der Waals surface area contributed by atoms with Gasteiger partial charge in [0.05, 0.1) is 6.04 Å². The molecule has 0 radical (unpaired) electrons. The van der Waals surface area contributed by atoms with Crippen molar-refractivity contribution in [3.05, 3.63) is 30.3 Å². The summed E-state index contributed by atoms with van der Waals surface area (Å²) in [5.74, 6) is 0.680. The van der Waals surface area contributed by atoms with Gasteiger partial charge in [-0.25, -0.2) is 0 Å². The van der Waals surface area contributed by atoms with Crippen molar-refractivity contribution in [3.8, 4) is 0 Å². The van der Waals surface area contributed by atoms with Crippen LogP contribution in [0.2, 0.25) is 0 Å². The van der Waals surface area contributed by atoms with E-state index in [1.54, 1.807) is 0 Å². The minimum atomic E-state index is -0.168. The summed E-state index contributed by atoms with van der Waals surface area (Å²) in [4.78, 5) is 14.6. The van der Waals surface area contributed by atoms with Crippen LogP contribution in [-0.2, 0) is 4.79 Å². The summed E-state index contributed by atoms with van der Waals surface area (Å²) >= 11 is 0. The number of para-hydroxylation sites is 1. The monoisotopic (exact) mass is 289 g/mol. The number of benzene rings is 1. The predicted molar refractivity (Wildman–Crippen MR) is 87.4 cm³/mol. The Balaban J connectivity index is 1.72. The Kier molecular flexibility index (Phi) is 5.76. The van der Waals surface area contributed by atoms with E-state index >= 15 is 0 Å². The number of hydrogen-bond donors (Lipinski definition) is 2. The van der Waals surface area contributed by atoms with Crippen molar-refractivity contribution in [1.29, 1.82) is 0 Å². The van der Waals surface area contributed by atoms with Gasteiger partial charge in [-0.2, -0.15) is 0 Å². The second-order valence-corrected chi connectivity index (χ2v) is 6.23. The van der Waals surface area contributed by atoms with Gasteiger partial charge in [-0.15, -0.1) is 0 Å². The van der Waals surface area contributed by atoms with Crippen molar-refractivity contribution in [3.63, 3.8) is 0 Å². The third-order valence-electron chi connectivity index (χ3n) is 4.19. The number of carbonyl (C=O) groups excluding carboxylic acids is 1. The van der Waals surface area contributed by atoms with Crippen molar-refractivity contribution in [2.75, 3.05) is 25.0 Å². The van der Waals surface area contributed by atoms with Crippen molar-refractivity contribution >= 4 is 11.6 Å². The number of amides is 1. The van der Waals surface area contributed by atoms with Gasteiger partial charge in [0.15, 0.2) is 0 Å². The molecular weight excluding hydrogens is 262 g/mol. The van der Waals surface area contributed by atoms with E-state index in [0.29, 0.717) is 12.0 Å². The van der Waals surface area contributed by atoms with Gasteiger partial charge in [-0.3, -0.25) is 4.79 Å². The van der Waals surface area contributed by atoms with Crippen LogP contribution >= 0.6 is 0 Å². The molecule has 0 saturated carbocycles. The second-order valence-electron chi connectivity index (χ2n) is 6.23. The zero-order valence-corrected chi connectivity index (χ0v) is 13.3. The summed E-state index contributed by atoms with van der Waals surface area (Å²) in [5, 5.41) is 6.30. The van der Waals surface area contributed by atoms with Gasteiger partial charge >= 0.3 is 0 Å². The molecule has 0 spiro atoms. The smallest absolute Gasteiger partial charge is 0.241 e. The maximum atomic E-state index is 12.1. The highest BCUT2D eigenvalue weighted by atomic mass is 16.2. The van der Waals surface area contributed by atoms with E-state index < -0.39 is 0 Å². The lowest BCUT2D eigenvalue weighted by molar-refractivity contribution is -0.117. The molecule has 116 valence electrons. The normalized spacial score (nSPS) is 20.7. The van der Waals surface area contributed by atoms with Crippen molar-refractivity contribution in [2.24, 2.45) is 5.92 Å². The molecule has 0 bridgehead atoms. The van der Waals surface area contributed by atoms with Crippen LogP contribution in [0.25, 0.3) is 0 Å². The standard InChI is InChI=1S/C17H27N3O/c1-13(2)20-10-9-15(12-20)11-18-14(3)17(21)19-16-7-5-4-6-8-16/h4-8,13-15,18H,9-12H2,1-3H3,(H,19,21). The SMILES string of the molecule is CC(NCC1CCN(C(C)C)C1)C(=O)Nc1ccccc1. The number of hydrogen-bond acceptors (Lipinski definition) is 3. The maximum Gasteiger partial charge on any atom is 0.241 e. The Morgan fingerprint density at radius 1 is 1.29 bits per heavy atom. The summed E-state index contributed by atoms with van der Waals surface area (Å²) in [6, 6.07) is 10.0. The second kappa shape index (κ2) is 7.57. The summed E-state index contributed by atoms with van der Waals surface area (Å²) in [5.41, 5.74) is 0.850. The van der Waals surface area contributed by atoms with Gasteiger partial charge in [0.2, 0.25) is 5.91 Å². The number of rotatable bonds is 6. The average Bonchev–Trinajstić information content (AvgIpc) is 2.95. The van der Waals surface area contributed by atoms with E-state index in [1.807, 2.05) is 37.3 Å². The highest BCUT2D eigenvalue weighted by molar-refractivity contribution is 5.94. The number of anilines is 1. The average molecular weight is 289 g/mol. The van der Waals surface area contributed by atoms with E-state index in [4.69, 9.17) is 0 Å². The zero-order chi connectivity index (χ0) is 15.2. The first kappa shape index (κ1) is 16.0. The van der Waals surface area contributed by atoms with E-state index in [-0.39, 0.29) is 11.9 Å². The van der Waals surface area contributed by atoms with Crippen molar-refractivity contribution in [2.45, 2.75) is 39.3 Å². The molecule has 1 aliphatic heterocycles. The Morgan fingerprint density at radius 2 is 2.00 bits per heavy atom. The molecule has 2 rings (SSSR count). The summed E-state index contributed by atoms with van der Waals surface area (Å²) in [7, 11) is 0. The van der Waals surface area contributed by atoms with Crippen LogP contribution in [0.1, 0.15) is 27.2 Å². The lowest BCUT2D eigenvalue weighted by atomic mass is 10.1.